The minimum absolute atomic E-state index is 0.416. The van der Waals surface area contributed by atoms with Crippen LogP contribution in [0, 0.1) is 0 Å². The van der Waals surface area contributed by atoms with E-state index in [1.165, 1.54) is 58.0 Å². The Bertz CT molecular complexity index is 276. The fourth-order valence-corrected chi connectivity index (χ4v) is 4.37. The topological polar surface area (TPSA) is 24.5 Å². The number of hydrogen-bond donors (Lipinski definition) is 1. The summed E-state index contributed by atoms with van der Waals surface area (Å²) in [6.07, 6.45) is 9.91. The maximum Gasteiger partial charge on any atom is 0.0730 e. The molecule has 3 rings (SSSR count). The molecule has 3 fully saturated rings. The summed E-state index contributed by atoms with van der Waals surface area (Å²) in [5.41, 5.74) is 0.416. The van der Waals surface area contributed by atoms with Crippen molar-refractivity contribution in [2.24, 2.45) is 0 Å². The number of nitrogens with zero attached hydrogens (tertiary/aromatic N) is 1. The van der Waals surface area contributed by atoms with Gasteiger partial charge in [0.15, 0.2) is 0 Å². The van der Waals surface area contributed by atoms with E-state index in [0.717, 1.165) is 19.2 Å². The SMILES string of the molecule is CCCC1(CN2CCOC3CCCC32)CCCN1. The van der Waals surface area contributed by atoms with Crippen LogP contribution in [0.5, 0.6) is 0 Å². The lowest BCUT2D eigenvalue weighted by Crippen LogP contribution is -2.57. The van der Waals surface area contributed by atoms with Crippen LogP contribution in [-0.2, 0) is 4.74 Å². The molecule has 1 N–H and O–H groups in total. The molecule has 0 aromatic carbocycles. The fourth-order valence-electron chi connectivity index (χ4n) is 4.37. The van der Waals surface area contributed by atoms with Gasteiger partial charge in [-0.25, -0.2) is 0 Å². The van der Waals surface area contributed by atoms with Crippen LogP contribution < -0.4 is 5.32 Å². The molecule has 3 heteroatoms. The third-order valence-corrected chi connectivity index (χ3v) is 5.16. The van der Waals surface area contributed by atoms with Gasteiger partial charge in [0.1, 0.15) is 0 Å². The first-order valence-electron chi connectivity index (χ1n) is 7.94. The first kappa shape index (κ1) is 12.9. The Labute approximate surface area is 111 Å². The van der Waals surface area contributed by atoms with Crippen molar-refractivity contribution in [2.45, 2.75) is 69.6 Å². The summed E-state index contributed by atoms with van der Waals surface area (Å²) in [6.45, 7) is 6.89. The normalized spacial score (nSPS) is 41.2. The van der Waals surface area contributed by atoms with Gasteiger partial charge in [0.2, 0.25) is 0 Å². The van der Waals surface area contributed by atoms with E-state index in [4.69, 9.17) is 4.74 Å². The summed E-state index contributed by atoms with van der Waals surface area (Å²) < 4.78 is 5.93. The molecule has 0 bridgehead atoms. The lowest BCUT2D eigenvalue weighted by molar-refractivity contribution is -0.0636. The van der Waals surface area contributed by atoms with Crippen molar-refractivity contribution < 1.29 is 4.74 Å². The van der Waals surface area contributed by atoms with Crippen LogP contribution in [0.25, 0.3) is 0 Å². The molecule has 3 unspecified atom stereocenters. The van der Waals surface area contributed by atoms with E-state index in [9.17, 15) is 0 Å². The van der Waals surface area contributed by atoms with Crippen molar-refractivity contribution in [3.63, 3.8) is 0 Å². The van der Waals surface area contributed by atoms with Crippen LogP contribution in [0.3, 0.4) is 0 Å². The molecule has 3 aliphatic rings. The monoisotopic (exact) mass is 252 g/mol. The summed E-state index contributed by atoms with van der Waals surface area (Å²) in [5.74, 6) is 0. The maximum absolute atomic E-state index is 5.93. The van der Waals surface area contributed by atoms with Gasteiger partial charge in [0, 0.05) is 24.7 Å². The molecule has 0 aromatic rings. The Morgan fingerprint density at radius 1 is 1.33 bits per heavy atom. The molecule has 2 heterocycles. The Morgan fingerprint density at radius 2 is 2.28 bits per heavy atom. The van der Waals surface area contributed by atoms with Gasteiger partial charge in [0.25, 0.3) is 0 Å². The van der Waals surface area contributed by atoms with Gasteiger partial charge in [-0.15, -0.1) is 0 Å². The van der Waals surface area contributed by atoms with Crippen molar-refractivity contribution in [1.29, 1.82) is 0 Å². The summed E-state index contributed by atoms with van der Waals surface area (Å²) in [7, 11) is 0. The van der Waals surface area contributed by atoms with Crippen molar-refractivity contribution in [3.8, 4) is 0 Å². The number of nitrogens with one attached hydrogen (secondary N) is 1. The predicted octanol–water partition coefficient (Wildman–Crippen LogP) is 2.16. The van der Waals surface area contributed by atoms with Gasteiger partial charge in [-0.2, -0.15) is 0 Å². The van der Waals surface area contributed by atoms with E-state index in [0.29, 0.717) is 11.6 Å². The summed E-state index contributed by atoms with van der Waals surface area (Å²) in [6, 6.07) is 0.717. The first-order chi connectivity index (χ1) is 8.83. The molecule has 2 aliphatic heterocycles. The zero-order chi connectivity index (χ0) is 12.4. The van der Waals surface area contributed by atoms with Crippen molar-refractivity contribution in [1.82, 2.24) is 10.2 Å². The van der Waals surface area contributed by atoms with E-state index < -0.39 is 0 Å². The average Bonchev–Trinajstić information content (AvgIpc) is 2.99. The van der Waals surface area contributed by atoms with Crippen LogP contribution in [-0.4, -0.2) is 48.8 Å². The number of fused-ring (bicyclic) bond motifs is 1. The van der Waals surface area contributed by atoms with Gasteiger partial charge < -0.3 is 10.1 Å². The molecule has 104 valence electrons. The highest BCUT2D eigenvalue weighted by atomic mass is 16.5. The number of ether oxygens (including phenoxy) is 1. The summed E-state index contributed by atoms with van der Waals surface area (Å²) in [4.78, 5) is 2.75. The molecule has 3 atom stereocenters. The highest BCUT2D eigenvalue weighted by molar-refractivity contribution is 4.99. The molecule has 1 aliphatic carbocycles. The Morgan fingerprint density at radius 3 is 3.06 bits per heavy atom. The zero-order valence-electron chi connectivity index (χ0n) is 11.8. The molecule has 0 aromatic heterocycles. The van der Waals surface area contributed by atoms with E-state index >= 15 is 0 Å². The van der Waals surface area contributed by atoms with Gasteiger partial charge in [-0.1, -0.05) is 13.3 Å². The molecule has 3 nitrogen and oxygen atoms in total. The largest absolute Gasteiger partial charge is 0.375 e. The van der Waals surface area contributed by atoms with E-state index in [1.54, 1.807) is 0 Å². The van der Waals surface area contributed by atoms with Gasteiger partial charge >= 0.3 is 0 Å². The second kappa shape index (κ2) is 5.48. The lowest BCUT2D eigenvalue weighted by Gasteiger charge is -2.43. The maximum atomic E-state index is 5.93. The second-order valence-corrected chi connectivity index (χ2v) is 6.44. The van der Waals surface area contributed by atoms with Gasteiger partial charge in [-0.3, -0.25) is 4.90 Å². The lowest BCUT2D eigenvalue weighted by atomic mass is 9.90. The molecule has 0 amide bonds. The minimum atomic E-state index is 0.416. The molecule has 0 spiro atoms. The molecule has 0 radical (unpaired) electrons. The molecular formula is C15H28N2O. The van der Waals surface area contributed by atoms with Crippen LogP contribution in [0.4, 0.5) is 0 Å². The van der Waals surface area contributed by atoms with Crippen LogP contribution in [0.15, 0.2) is 0 Å². The highest BCUT2D eigenvalue weighted by Crippen LogP contribution is 2.33. The van der Waals surface area contributed by atoms with Crippen LogP contribution >= 0.6 is 0 Å². The van der Waals surface area contributed by atoms with Gasteiger partial charge in [0.05, 0.1) is 12.7 Å². The summed E-state index contributed by atoms with van der Waals surface area (Å²) in [5, 5.41) is 3.82. The second-order valence-electron chi connectivity index (χ2n) is 6.44. The van der Waals surface area contributed by atoms with Crippen LogP contribution in [0.1, 0.15) is 51.9 Å². The van der Waals surface area contributed by atoms with Crippen molar-refractivity contribution in [3.05, 3.63) is 0 Å². The quantitative estimate of drug-likeness (QED) is 0.830. The Kier molecular flexibility index (Phi) is 3.92. The standard InChI is InChI=1S/C15H28N2O/c1-2-7-15(8-4-9-16-15)12-17-10-11-18-14-6-3-5-13(14)17/h13-14,16H,2-12H2,1H3. The average molecular weight is 252 g/mol. The smallest absolute Gasteiger partial charge is 0.0730 e. The predicted molar refractivity (Wildman–Crippen MR) is 73.8 cm³/mol. The van der Waals surface area contributed by atoms with Crippen molar-refractivity contribution >= 4 is 0 Å². The molecule has 18 heavy (non-hydrogen) atoms. The highest BCUT2D eigenvalue weighted by Gasteiger charge is 2.41. The minimum Gasteiger partial charge on any atom is -0.375 e. The fraction of sp³-hybridized carbons (Fsp3) is 1.00. The molecular weight excluding hydrogens is 224 g/mol. The third kappa shape index (κ3) is 2.45. The summed E-state index contributed by atoms with van der Waals surface area (Å²) >= 11 is 0. The zero-order valence-corrected chi connectivity index (χ0v) is 11.8. The van der Waals surface area contributed by atoms with E-state index in [2.05, 4.69) is 17.1 Å². The Balaban J connectivity index is 1.66. The molecule has 2 saturated heterocycles. The number of morpholine rings is 1. The van der Waals surface area contributed by atoms with Crippen LogP contribution in [0.2, 0.25) is 0 Å². The van der Waals surface area contributed by atoms with E-state index in [-0.39, 0.29) is 0 Å². The van der Waals surface area contributed by atoms with Crippen molar-refractivity contribution in [2.75, 3.05) is 26.2 Å². The van der Waals surface area contributed by atoms with E-state index in [1.807, 2.05) is 0 Å². The third-order valence-electron chi connectivity index (χ3n) is 5.16. The number of hydrogen-bond acceptors (Lipinski definition) is 3. The number of rotatable bonds is 4. The van der Waals surface area contributed by atoms with Gasteiger partial charge in [-0.05, 0) is 45.1 Å². The first-order valence-corrected chi connectivity index (χ1v) is 7.94. The Hall–Kier alpha value is -0.120. The molecule has 1 saturated carbocycles.